The van der Waals surface area contributed by atoms with E-state index in [9.17, 15) is 9.59 Å². The smallest absolute Gasteiger partial charge is 0.309 e. The molecule has 0 N–H and O–H groups in total. The van der Waals surface area contributed by atoms with Gasteiger partial charge in [-0.2, -0.15) is 4.99 Å². The van der Waals surface area contributed by atoms with Crippen LogP contribution in [0.1, 0.15) is 25.3 Å². The third-order valence-corrected chi connectivity index (χ3v) is 5.46. The number of likely N-dealkylation sites (tertiary alicyclic amines) is 1. The standard InChI is InChI=1S/C18H19ClN2O3S/c1-2-24-17(23)13-7-9-21(10-8-13)18-20-16(22)15(25-18)11-12-3-5-14(19)6-4-12/h3-6,11,13H,2,7-10H2,1H3/b15-11-. The monoisotopic (exact) mass is 378 g/mol. The average molecular weight is 379 g/mol. The topological polar surface area (TPSA) is 59.0 Å². The number of carbonyl (C=O) groups excluding carboxylic acids is 2. The molecule has 0 aromatic heterocycles. The molecule has 1 aromatic carbocycles. The Morgan fingerprint density at radius 3 is 2.68 bits per heavy atom. The van der Waals surface area contributed by atoms with E-state index in [1.165, 1.54) is 11.8 Å². The Balaban J connectivity index is 1.60. The Labute approximate surface area is 156 Å². The molecule has 2 aliphatic heterocycles. The van der Waals surface area contributed by atoms with Gasteiger partial charge in [-0.05, 0) is 55.3 Å². The third-order valence-electron chi connectivity index (χ3n) is 4.16. The van der Waals surface area contributed by atoms with Crippen molar-refractivity contribution < 1.29 is 14.3 Å². The highest BCUT2D eigenvalue weighted by atomic mass is 35.5. The van der Waals surface area contributed by atoms with Crippen molar-refractivity contribution in [3.63, 3.8) is 0 Å². The molecule has 2 heterocycles. The molecule has 1 aromatic rings. The summed E-state index contributed by atoms with van der Waals surface area (Å²) >= 11 is 7.26. The summed E-state index contributed by atoms with van der Waals surface area (Å²) in [5, 5.41) is 1.38. The number of piperidine rings is 1. The van der Waals surface area contributed by atoms with Crippen LogP contribution in [0.5, 0.6) is 0 Å². The number of carbonyl (C=O) groups is 2. The second-order valence-electron chi connectivity index (χ2n) is 5.88. The molecule has 25 heavy (non-hydrogen) atoms. The van der Waals surface area contributed by atoms with Gasteiger partial charge < -0.3 is 9.64 Å². The van der Waals surface area contributed by atoms with Crippen molar-refractivity contribution >= 4 is 46.5 Å². The lowest BCUT2D eigenvalue weighted by Crippen LogP contribution is -2.39. The summed E-state index contributed by atoms with van der Waals surface area (Å²) in [6, 6.07) is 7.32. The number of hydrogen-bond acceptors (Lipinski definition) is 5. The molecule has 0 spiro atoms. The highest BCUT2D eigenvalue weighted by Gasteiger charge is 2.31. The second-order valence-corrected chi connectivity index (χ2v) is 7.32. The molecule has 0 bridgehead atoms. The Hall–Kier alpha value is -1.79. The minimum absolute atomic E-state index is 0.0528. The van der Waals surface area contributed by atoms with Gasteiger partial charge in [0.05, 0.1) is 17.4 Å². The van der Waals surface area contributed by atoms with E-state index in [0.717, 1.165) is 18.4 Å². The van der Waals surface area contributed by atoms with Crippen LogP contribution in [-0.2, 0) is 14.3 Å². The predicted octanol–water partition coefficient (Wildman–Crippen LogP) is 3.59. The first-order chi connectivity index (χ1) is 12.1. The fourth-order valence-electron chi connectivity index (χ4n) is 2.81. The first-order valence-electron chi connectivity index (χ1n) is 8.26. The van der Waals surface area contributed by atoms with Gasteiger partial charge in [0.2, 0.25) is 0 Å². The molecule has 1 amide bonds. The summed E-state index contributed by atoms with van der Waals surface area (Å²) < 4.78 is 5.09. The molecule has 132 valence electrons. The van der Waals surface area contributed by atoms with Gasteiger partial charge in [0.1, 0.15) is 0 Å². The lowest BCUT2D eigenvalue weighted by molar-refractivity contribution is -0.149. The number of ether oxygens (including phenoxy) is 1. The summed E-state index contributed by atoms with van der Waals surface area (Å²) in [4.78, 5) is 30.8. The minimum atomic E-state index is -0.220. The van der Waals surface area contributed by atoms with Crippen LogP contribution in [0, 0.1) is 5.92 Å². The van der Waals surface area contributed by atoms with Gasteiger partial charge in [0.15, 0.2) is 5.17 Å². The number of hydrogen-bond donors (Lipinski definition) is 0. The van der Waals surface area contributed by atoms with E-state index in [1.54, 1.807) is 12.1 Å². The number of esters is 1. The summed E-state index contributed by atoms with van der Waals surface area (Å²) in [6.07, 6.45) is 3.27. The molecule has 0 aliphatic carbocycles. The lowest BCUT2D eigenvalue weighted by atomic mass is 9.97. The van der Waals surface area contributed by atoms with E-state index in [1.807, 2.05) is 25.1 Å². The maximum absolute atomic E-state index is 12.2. The minimum Gasteiger partial charge on any atom is -0.466 e. The molecule has 0 saturated carbocycles. The van der Waals surface area contributed by atoms with E-state index in [0.29, 0.717) is 34.8 Å². The van der Waals surface area contributed by atoms with Crippen molar-refractivity contribution in [2.75, 3.05) is 19.7 Å². The van der Waals surface area contributed by atoms with Crippen molar-refractivity contribution in [2.24, 2.45) is 10.9 Å². The number of amides is 1. The summed E-state index contributed by atoms with van der Waals surface area (Å²) in [6.45, 7) is 3.64. The van der Waals surface area contributed by atoms with Crippen molar-refractivity contribution in [1.82, 2.24) is 4.90 Å². The molecule has 3 rings (SSSR count). The molecular weight excluding hydrogens is 360 g/mol. The molecule has 5 nitrogen and oxygen atoms in total. The first-order valence-corrected chi connectivity index (χ1v) is 9.46. The van der Waals surface area contributed by atoms with Crippen LogP contribution in [0.15, 0.2) is 34.2 Å². The van der Waals surface area contributed by atoms with Crippen LogP contribution in [0.2, 0.25) is 5.02 Å². The molecule has 0 unspecified atom stereocenters. The third kappa shape index (κ3) is 4.44. The van der Waals surface area contributed by atoms with Gasteiger partial charge in [0.25, 0.3) is 5.91 Å². The van der Waals surface area contributed by atoms with Crippen LogP contribution in [0.3, 0.4) is 0 Å². The summed E-state index contributed by atoms with van der Waals surface area (Å²) in [5.74, 6) is -0.395. The zero-order valence-corrected chi connectivity index (χ0v) is 15.5. The molecule has 1 fully saturated rings. The van der Waals surface area contributed by atoms with Gasteiger partial charge in [-0.3, -0.25) is 9.59 Å². The number of amidine groups is 1. The Bertz CT molecular complexity index is 722. The molecule has 7 heteroatoms. The van der Waals surface area contributed by atoms with E-state index in [2.05, 4.69) is 9.89 Å². The highest BCUT2D eigenvalue weighted by Crippen LogP contribution is 2.32. The molecule has 1 saturated heterocycles. The number of nitrogens with zero attached hydrogens (tertiary/aromatic N) is 2. The number of thioether (sulfide) groups is 1. The number of aliphatic imine (C=N–C) groups is 1. The molecule has 0 atom stereocenters. The quantitative estimate of drug-likeness (QED) is 0.594. The van der Waals surface area contributed by atoms with E-state index in [-0.39, 0.29) is 17.8 Å². The molecular formula is C18H19ClN2O3S. The van der Waals surface area contributed by atoms with Crippen LogP contribution in [0.4, 0.5) is 0 Å². The van der Waals surface area contributed by atoms with Gasteiger partial charge in [-0.1, -0.05) is 23.7 Å². The largest absolute Gasteiger partial charge is 0.466 e. The average Bonchev–Trinajstić information content (AvgIpc) is 2.98. The van der Waals surface area contributed by atoms with Crippen molar-refractivity contribution in [3.05, 3.63) is 39.8 Å². The van der Waals surface area contributed by atoms with Crippen LogP contribution >= 0.6 is 23.4 Å². The number of halogens is 1. The Morgan fingerprint density at radius 1 is 1.36 bits per heavy atom. The second kappa shape index (κ2) is 8.06. The fraction of sp³-hybridized carbons (Fsp3) is 0.389. The van der Waals surface area contributed by atoms with E-state index >= 15 is 0 Å². The molecule has 0 radical (unpaired) electrons. The fourth-order valence-corrected chi connectivity index (χ4v) is 3.90. The van der Waals surface area contributed by atoms with Crippen LogP contribution in [-0.4, -0.2) is 41.6 Å². The SMILES string of the molecule is CCOC(=O)C1CCN(C2=NC(=O)/C(=C/c3ccc(Cl)cc3)S2)CC1. The lowest BCUT2D eigenvalue weighted by Gasteiger charge is -2.31. The summed E-state index contributed by atoms with van der Waals surface area (Å²) in [7, 11) is 0. The highest BCUT2D eigenvalue weighted by molar-refractivity contribution is 8.18. The van der Waals surface area contributed by atoms with Crippen molar-refractivity contribution in [3.8, 4) is 0 Å². The van der Waals surface area contributed by atoms with Gasteiger partial charge in [-0.25, -0.2) is 0 Å². The summed E-state index contributed by atoms with van der Waals surface area (Å²) in [5.41, 5.74) is 0.915. The number of rotatable bonds is 3. The van der Waals surface area contributed by atoms with Gasteiger partial charge in [-0.15, -0.1) is 0 Å². The maximum Gasteiger partial charge on any atom is 0.309 e. The van der Waals surface area contributed by atoms with E-state index < -0.39 is 0 Å². The van der Waals surface area contributed by atoms with Crippen LogP contribution < -0.4 is 0 Å². The zero-order chi connectivity index (χ0) is 17.8. The molecule has 2 aliphatic rings. The Morgan fingerprint density at radius 2 is 2.04 bits per heavy atom. The van der Waals surface area contributed by atoms with Crippen molar-refractivity contribution in [1.29, 1.82) is 0 Å². The van der Waals surface area contributed by atoms with Crippen molar-refractivity contribution in [2.45, 2.75) is 19.8 Å². The number of benzene rings is 1. The van der Waals surface area contributed by atoms with E-state index in [4.69, 9.17) is 16.3 Å². The van der Waals surface area contributed by atoms with Gasteiger partial charge >= 0.3 is 5.97 Å². The zero-order valence-electron chi connectivity index (χ0n) is 13.9. The first kappa shape index (κ1) is 18.0. The normalized spacial score (nSPS) is 20.1. The Kier molecular flexibility index (Phi) is 5.81. The van der Waals surface area contributed by atoms with Crippen LogP contribution in [0.25, 0.3) is 6.08 Å². The predicted molar refractivity (Wildman–Crippen MR) is 100 cm³/mol. The van der Waals surface area contributed by atoms with Gasteiger partial charge in [0, 0.05) is 18.1 Å². The maximum atomic E-state index is 12.2.